The van der Waals surface area contributed by atoms with Crippen LogP contribution in [-0.4, -0.2) is 0 Å². The number of anilines is 9. The van der Waals surface area contributed by atoms with Crippen LogP contribution in [0.3, 0.4) is 0 Å². The summed E-state index contributed by atoms with van der Waals surface area (Å²) < 4.78 is 0. The normalized spacial score (nSPS) is 11.1. The molecule has 14 aromatic carbocycles. The van der Waals surface area contributed by atoms with Gasteiger partial charge in [-0.05, 0) is 175 Å². The topological polar surface area (TPSA) is 9.72 Å². The molecule has 0 saturated heterocycles. The summed E-state index contributed by atoms with van der Waals surface area (Å²) in [6.07, 6.45) is 0. The molecular weight excluding hydrogens is 1030 g/mol. The molecule has 0 atom stereocenters. The van der Waals surface area contributed by atoms with E-state index in [1.807, 2.05) is 0 Å². The standard InChI is InChI=1S/C82H59N3/c1-5-16-60(17-6-1)65-32-46-76(47-33-65)84(77-48-34-66(35-49-77)61-18-7-2-8-19-61)78-54-38-69(39-55-78)64-30-28-63(29-31-64)68-36-50-74(51-37-68)83(73-24-11-4-12-25-73)75-52-40-70(41-53-75)71-44-58-80(59-45-71)85(82-27-15-23-72-22-13-14-26-81(72)82)79-56-42-67(43-57-79)62-20-9-3-10-21-62/h1-59H. The predicted molar refractivity (Wildman–Crippen MR) is 361 cm³/mol. The Morgan fingerprint density at radius 1 is 0.129 bits per heavy atom. The molecule has 0 radical (unpaired) electrons. The second-order valence-corrected chi connectivity index (χ2v) is 21.3. The number of benzene rings is 14. The highest BCUT2D eigenvalue weighted by Gasteiger charge is 2.19. The molecule has 14 rings (SSSR count). The van der Waals surface area contributed by atoms with Crippen LogP contribution in [0.5, 0.6) is 0 Å². The number of hydrogen-bond donors (Lipinski definition) is 0. The summed E-state index contributed by atoms with van der Waals surface area (Å²) in [5.41, 5.74) is 24.0. The zero-order valence-corrected chi connectivity index (χ0v) is 46.9. The number of rotatable bonds is 15. The maximum atomic E-state index is 2.37. The third-order valence-corrected chi connectivity index (χ3v) is 16.1. The Balaban J connectivity index is 0.698. The first-order chi connectivity index (χ1) is 42.1. The lowest BCUT2D eigenvalue weighted by molar-refractivity contribution is 1.28. The van der Waals surface area contributed by atoms with Crippen LogP contribution >= 0.6 is 0 Å². The number of fused-ring (bicyclic) bond motifs is 1. The summed E-state index contributed by atoms with van der Waals surface area (Å²) in [6.45, 7) is 0. The maximum Gasteiger partial charge on any atom is 0.0540 e. The van der Waals surface area contributed by atoms with Crippen molar-refractivity contribution in [3.05, 3.63) is 358 Å². The Labute approximate surface area is 498 Å². The molecule has 0 N–H and O–H groups in total. The molecule has 0 bridgehead atoms. The molecule has 3 heteroatoms. The van der Waals surface area contributed by atoms with Crippen LogP contribution in [0.1, 0.15) is 0 Å². The highest BCUT2D eigenvalue weighted by Crippen LogP contribution is 2.43. The number of hydrogen-bond acceptors (Lipinski definition) is 3. The van der Waals surface area contributed by atoms with Crippen molar-refractivity contribution in [2.24, 2.45) is 0 Å². The molecule has 0 aromatic heterocycles. The minimum Gasteiger partial charge on any atom is -0.311 e. The van der Waals surface area contributed by atoms with Gasteiger partial charge in [-0.15, -0.1) is 0 Å². The van der Waals surface area contributed by atoms with Crippen LogP contribution in [0.2, 0.25) is 0 Å². The van der Waals surface area contributed by atoms with Crippen molar-refractivity contribution >= 4 is 62.0 Å². The van der Waals surface area contributed by atoms with Gasteiger partial charge in [-0.2, -0.15) is 0 Å². The third kappa shape index (κ3) is 11.0. The van der Waals surface area contributed by atoms with E-state index in [9.17, 15) is 0 Å². The van der Waals surface area contributed by atoms with E-state index < -0.39 is 0 Å². The highest BCUT2D eigenvalue weighted by molar-refractivity contribution is 5.99. The quantitative estimate of drug-likeness (QED) is 0.101. The molecule has 0 spiro atoms. The summed E-state index contributed by atoms with van der Waals surface area (Å²) >= 11 is 0. The van der Waals surface area contributed by atoms with Crippen LogP contribution < -0.4 is 14.7 Å². The van der Waals surface area contributed by atoms with Gasteiger partial charge in [-0.3, -0.25) is 0 Å². The minimum atomic E-state index is 1.08. The van der Waals surface area contributed by atoms with Crippen molar-refractivity contribution < 1.29 is 0 Å². The molecule has 14 aromatic rings. The lowest BCUT2D eigenvalue weighted by Gasteiger charge is -2.27. The molecular formula is C82H59N3. The van der Waals surface area contributed by atoms with Gasteiger partial charge in [0, 0.05) is 50.9 Å². The average molecular weight is 1090 g/mol. The predicted octanol–water partition coefficient (Wildman–Crippen LogP) is 23.3. The van der Waals surface area contributed by atoms with Gasteiger partial charge >= 0.3 is 0 Å². The molecule has 0 aliphatic carbocycles. The lowest BCUT2D eigenvalue weighted by Crippen LogP contribution is -2.10. The van der Waals surface area contributed by atoms with Crippen LogP contribution in [0, 0.1) is 0 Å². The largest absolute Gasteiger partial charge is 0.311 e. The van der Waals surface area contributed by atoms with Gasteiger partial charge in [-0.25, -0.2) is 0 Å². The highest BCUT2D eigenvalue weighted by atomic mass is 15.2. The third-order valence-electron chi connectivity index (χ3n) is 16.1. The molecule has 0 aliphatic rings. The monoisotopic (exact) mass is 1090 g/mol. The number of nitrogens with zero attached hydrogens (tertiary/aromatic N) is 3. The number of para-hydroxylation sites is 1. The van der Waals surface area contributed by atoms with Gasteiger partial charge in [0.15, 0.2) is 0 Å². The van der Waals surface area contributed by atoms with Crippen molar-refractivity contribution in [2.75, 3.05) is 14.7 Å². The maximum absolute atomic E-state index is 2.37. The Morgan fingerprint density at radius 2 is 0.329 bits per heavy atom. The van der Waals surface area contributed by atoms with E-state index in [2.05, 4.69) is 373 Å². The Morgan fingerprint density at radius 3 is 0.624 bits per heavy atom. The van der Waals surface area contributed by atoms with Crippen molar-refractivity contribution in [3.63, 3.8) is 0 Å². The Kier molecular flexibility index (Phi) is 14.4. The van der Waals surface area contributed by atoms with Gasteiger partial charge in [0.05, 0.1) is 5.69 Å². The van der Waals surface area contributed by atoms with E-state index in [-0.39, 0.29) is 0 Å². The average Bonchev–Trinajstić information content (AvgIpc) is 3.66. The minimum absolute atomic E-state index is 1.08. The van der Waals surface area contributed by atoms with Gasteiger partial charge in [0.2, 0.25) is 0 Å². The first-order valence-corrected chi connectivity index (χ1v) is 29.0. The zero-order valence-electron chi connectivity index (χ0n) is 46.9. The van der Waals surface area contributed by atoms with Crippen molar-refractivity contribution in [1.82, 2.24) is 0 Å². The van der Waals surface area contributed by atoms with E-state index in [0.29, 0.717) is 0 Å². The van der Waals surface area contributed by atoms with E-state index in [1.165, 1.54) is 55.3 Å². The summed E-state index contributed by atoms with van der Waals surface area (Å²) in [7, 11) is 0. The zero-order chi connectivity index (χ0) is 56.7. The molecule has 0 amide bonds. The lowest BCUT2D eigenvalue weighted by atomic mass is 9.99. The van der Waals surface area contributed by atoms with Crippen molar-refractivity contribution in [2.45, 2.75) is 0 Å². The second-order valence-electron chi connectivity index (χ2n) is 21.3. The van der Waals surface area contributed by atoms with Crippen molar-refractivity contribution in [1.29, 1.82) is 0 Å². The summed E-state index contributed by atoms with van der Waals surface area (Å²) in [5, 5.41) is 2.41. The fourth-order valence-corrected chi connectivity index (χ4v) is 11.7. The molecule has 0 heterocycles. The van der Waals surface area contributed by atoms with Crippen LogP contribution in [-0.2, 0) is 0 Å². The molecule has 0 saturated carbocycles. The molecule has 3 nitrogen and oxygen atoms in total. The Bertz CT molecular complexity index is 4390. The first-order valence-electron chi connectivity index (χ1n) is 29.0. The van der Waals surface area contributed by atoms with E-state index in [1.54, 1.807) is 0 Å². The first kappa shape index (κ1) is 51.9. The van der Waals surface area contributed by atoms with Gasteiger partial charge < -0.3 is 14.7 Å². The smallest absolute Gasteiger partial charge is 0.0540 e. The second kappa shape index (κ2) is 23.7. The van der Waals surface area contributed by atoms with E-state index >= 15 is 0 Å². The molecule has 85 heavy (non-hydrogen) atoms. The fourth-order valence-electron chi connectivity index (χ4n) is 11.7. The molecule has 0 aliphatic heterocycles. The molecule has 0 fully saturated rings. The molecule has 0 unspecified atom stereocenters. The summed E-state index contributed by atoms with van der Waals surface area (Å²) in [5.74, 6) is 0. The summed E-state index contributed by atoms with van der Waals surface area (Å²) in [4.78, 5) is 7.04. The fraction of sp³-hybridized carbons (Fsp3) is 0. The molecule has 402 valence electrons. The van der Waals surface area contributed by atoms with Crippen LogP contribution in [0.15, 0.2) is 358 Å². The van der Waals surface area contributed by atoms with E-state index in [4.69, 9.17) is 0 Å². The van der Waals surface area contributed by atoms with Gasteiger partial charge in [-0.1, -0.05) is 255 Å². The van der Waals surface area contributed by atoms with Gasteiger partial charge in [0.25, 0.3) is 0 Å². The van der Waals surface area contributed by atoms with Gasteiger partial charge in [0.1, 0.15) is 0 Å². The van der Waals surface area contributed by atoms with Crippen molar-refractivity contribution in [3.8, 4) is 66.8 Å². The van der Waals surface area contributed by atoms with Crippen LogP contribution in [0.4, 0.5) is 51.2 Å². The summed E-state index contributed by atoms with van der Waals surface area (Å²) in [6, 6.07) is 129. The SMILES string of the molecule is c1ccc(-c2ccc(N(c3ccc(-c4ccccc4)cc3)c3ccc(-c4ccc(-c5ccc(N(c6ccccc6)c6ccc(-c7ccc(N(c8ccc(-c9ccccc9)cc8)c8cccc9ccccc89)cc7)cc6)cc5)cc4)cc3)cc2)cc1. The van der Waals surface area contributed by atoms with Crippen LogP contribution in [0.25, 0.3) is 77.5 Å². The Hall–Kier alpha value is -11.3. The van der Waals surface area contributed by atoms with E-state index in [0.717, 1.165) is 73.4 Å².